The molecular weight excluding hydrogens is 460 g/mol. The SMILES string of the molecule is Cc1cc(C)nc(NC(=NCCc2cnc[nH]2)NC(=S)Nc2ccc(Oc3ccccc3)cc2)n1. The maximum absolute atomic E-state index is 5.84. The number of guanidine groups is 1. The van der Waals surface area contributed by atoms with Crippen LogP contribution in [0, 0.1) is 13.8 Å². The number of aromatic amines is 1. The van der Waals surface area contributed by atoms with Gasteiger partial charge in [-0.2, -0.15) is 0 Å². The Balaban J connectivity index is 1.39. The predicted molar refractivity (Wildman–Crippen MR) is 142 cm³/mol. The van der Waals surface area contributed by atoms with Crippen LogP contribution < -0.4 is 20.7 Å². The van der Waals surface area contributed by atoms with Crippen molar-refractivity contribution in [1.82, 2.24) is 25.3 Å². The normalized spacial score (nSPS) is 11.1. The predicted octanol–water partition coefficient (Wildman–Crippen LogP) is 4.61. The monoisotopic (exact) mass is 486 g/mol. The molecule has 4 aromatic rings. The Hall–Kier alpha value is -4.31. The number of para-hydroxylation sites is 1. The molecule has 4 N–H and O–H groups in total. The molecule has 0 saturated heterocycles. The van der Waals surface area contributed by atoms with E-state index in [0.717, 1.165) is 34.3 Å². The van der Waals surface area contributed by atoms with Gasteiger partial charge in [-0.3, -0.25) is 10.3 Å². The third kappa shape index (κ3) is 7.61. The van der Waals surface area contributed by atoms with Gasteiger partial charge in [-0.1, -0.05) is 18.2 Å². The minimum atomic E-state index is 0.374. The number of H-pyrrole nitrogens is 1. The van der Waals surface area contributed by atoms with E-state index in [0.29, 0.717) is 30.0 Å². The molecule has 0 aliphatic heterocycles. The first kappa shape index (κ1) is 23.8. The molecule has 0 atom stereocenters. The van der Waals surface area contributed by atoms with Crippen LogP contribution in [0.1, 0.15) is 17.1 Å². The first-order valence-corrected chi connectivity index (χ1v) is 11.5. The molecule has 0 saturated carbocycles. The Morgan fingerprint density at radius 2 is 1.69 bits per heavy atom. The molecule has 0 aliphatic rings. The van der Waals surface area contributed by atoms with Gasteiger partial charge < -0.3 is 20.4 Å². The van der Waals surface area contributed by atoms with Crippen molar-refractivity contribution in [1.29, 1.82) is 0 Å². The standard InChI is InChI=1S/C25H26N8OS/c1-17-14-18(2)30-24(29-17)32-23(27-13-12-20-15-26-16-28-20)33-25(35)31-19-8-10-22(11-9-19)34-21-6-4-3-5-7-21/h3-11,14-16H,12-13H2,1-2H3,(H,26,28)(H3,27,29,30,31,32,33,35). The third-order valence-electron chi connectivity index (χ3n) is 4.74. The molecule has 0 fully saturated rings. The van der Waals surface area contributed by atoms with Crippen LogP contribution in [-0.2, 0) is 6.42 Å². The van der Waals surface area contributed by atoms with E-state index in [1.165, 1.54) is 0 Å². The highest BCUT2D eigenvalue weighted by Crippen LogP contribution is 2.22. The Morgan fingerprint density at radius 1 is 0.971 bits per heavy atom. The van der Waals surface area contributed by atoms with Gasteiger partial charge in [0.1, 0.15) is 11.5 Å². The first-order chi connectivity index (χ1) is 17.0. The number of aromatic nitrogens is 4. The lowest BCUT2D eigenvalue weighted by atomic mass is 10.3. The van der Waals surface area contributed by atoms with Gasteiger partial charge in [-0.15, -0.1) is 0 Å². The smallest absolute Gasteiger partial charge is 0.229 e. The number of hydrogen-bond acceptors (Lipinski definition) is 6. The number of aryl methyl sites for hydroxylation is 2. The molecule has 35 heavy (non-hydrogen) atoms. The van der Waals surface area contributed by atoms with Crippen molar-refractivity contribution in [3.8, 4) is 11.5 Å². The minimum absolute atomic E-state index is 0.374. The van der Waals surface area contributed by atoms with E-state index in [4.69, 9.17) is 17.0 Å². The number of anilines is 2. The summed E-state index contributed by atoms with van der Waals surface area (Å²) in [5, 5.41) is 9.78. The summed E-state index contributed by atoms with van der Waals surface area (Å²) in [4.78, 5) is 20.6. The summed E-state index contributed by atoms with van der Waals surface area (Å²) in [7, 11) is 0. The molecule has 0 spiro atoms. The van der Waals surface area contributed by atoms with Gasteiger partial charge >= 0.3 is 0 Å². The number of benzene rings is 2. The fourth-order valence-corrected chi connectivity index (χ4v) is 3.42. The van der Waals surface area contributed by atoms with Crippen molar-refractivity contribution in [3.05, 3.63) is 90.3 Å². The molecule has 178 valence electrons. The van der Waals surface area contributed by atoms with Crippen LogP contribution in [0.5, 0.6) is 11.5 Å². The highest BCUT2D eigenvalue weighted by Gasteiger charge is 2.08. The number of nitrogens with one attached hydrogen (secondary N) is 4. The second kappa shape index (κ2) is 11.7. The summed E-state index contributed by atoms with van der Waals surface area (Å²) in [5.74, 6) is 2.40. The van der Waals surface area contributed by atoms with Crippen LogP contribution >= 0.6 is 12.2 Å². The fourth-order valence-electron chi connectivity index (χ4n) is 3.21. The molecule has 0 bridgehead atoms. The number of imidazole rings is 1. The van der Waals surface area contributed by atoms with Gasteiger partial charge in [0.05, 0.1) is 6.33 Å². The van der Waals surface area contributed by atoms with E-state index in [1.807, 2.05) is 74.5 Å². The molecule has 2 aromatic carbocycles. The number of hydrogen-bond donors (Lipinski definition) is 4. The summed E-state index contributed by atoms with van der Waals surface area (Å²) in [5.41, 5.74) is 3.52. The number of ether oxygens (including phenoxy) is 1. The van der Waals surface area contributed by atoms with Crippen LogP contribution in [0.2, 0.25) is 0 Å². The van der Waals surface area contributed by atoms with Crippen molar-refractivity contribution in [3.63, 3.8) is 0 Å². The summed E-state index contributed by atoms with van der Waals surface area (Å²) in [6, 6.07) is 19.1. The molecule has 10 heteroatoms. The molecular formula is C25H26N8OS. The quantitative estimate of drug-likeness (QED) is 0.170. The average molecular weight is 487 g/mol. The Morgan fingerprint density at radius 3 is 2.37 bits per heavy atom. The van der Waals surface area contributed by atoms with E-state index in [2.05, 4.69) is 40.9 Å². The zero-order chi connectivity index (χ0) is 24.5. The van der Waals surface area contributed by atoms with Gasteiger partial charge in [-0.25, -0.2) is 15.0 Å². The average Bonchev–Trinajstić information content (AvgIpc) is 3.34. The maximum Gasteiger partial charge on any atom is 0.229 e. The van der Waals surface area contributed by atoms with Crippen LogP contribution in [0.15, 0.2) is 78.2 Å². The van der Waals surface area contributed by atoms with Crippen LogP contribution in [0.4, 0.5) is 11.6 Å². The second-order valence-corrected chi connectivity index (χ2v) is 8.08. The molecule has 4 rings (SSSR count). The van der Waals surface area contributed by atoms with Crippen molar-refractivity contribution in [2.24, 2.45) is 4.99 Å². The van der Waals surface area contributed by atoms with E-state index < -0.39 is 0 Å². The van der Waals surface area contributed by atoms with Crippen LogP contribution in [0.3, 0.4) is 0 Å². The lowest BCUT2D eigenvalue weighted by molar-refractivity contribution is 0.483. The van der Waals surface area contributed by atoms with Crippen molar-refractivity contribution in [2.75, 3.05) is 17.2 Å². The molecule has 0 radical (unpaired) electrons. The van der Waals surface area contributed by atoms with Crippen molar-refractivity contribution >= 4 is 34.9 Å². The zero-order valence-corrected chi connectivity index (χ0v) is 20.3. The van der Waals surface area contributed by atoms with Gasteiger partial charge in [0.2, 0.25) is 11.9 Å². The van der Waals surface area contributed by atoms with E-state index in [1.54, 1.807) is 12.5 Å². The molecule has 0 unspecified atom stereocenters. The molecule has 9 nitrogen and oxygen atoms in total. The maximum atomic E-state index is 5.84. The summed E-state index contributed by atoms with van der Waals surface area (Å²) in [6.07, 6.45) is 4.12. The summed E-state index contributed by atoms with van der Waals surface area (Å²) < 4.78 is 5.84. The van der Waals surface area contributed by atoms with Gasteiger partial charge in [0, 0.05) is 41.9 Å². The minimum Gasteiger partial charge on any atom is -0.457 e. The van der Waals surface area contributed by atoms with Crippen molar-refractivity contribution < 1.29 is 4.74 Å². The Labute approximate surface area is 209 Å². The summed E-state index contributed by atoms with van der Waals surface area (Å²) >= 11 is 5.52. The number of aliphatic imine (C=N–C) groups is 1. The number of rotatable bonds is 7. The molecule has 2 aromatic heterocycles. The number of thiocarbonyl (C=S) groups is 1. The Kier molecular flexibility index (Phi) is 7.97. The van der Waals surface area contributed by atoms with E-state index in [-0.39, 0.29) is 0 Å². The van der Waals surface area contributed by atoms with E-state index >= 15 is 0 Å². The third-order valence-corrected chi connectivity index (χ3v) is 4.95. The Bertz CT molecular complexity index is 1250. The summed E-state index contributed by atoms with van der Waals surface area (Å²) in [6.45, 7) is 4.34. The fraction of sp³-hybridized carbons (Fsp3) is 0.160. The first-order valence-electron chi connectivity index (χ1n) is 11.1. The lowest BCUT2D eigenvalue weighted by Gasteiger charge is -2.14. The highest BCUT2D eigenvalue weighted by molar-refractivity contribution is 7.80. The van der Waals surface area contributed by atoms with Crippen LogP contribution in [0.25, 0.3) is 0 Å². The van der Waals surface area contributed by atoms with E-state index in [9.17, 15) is 0 Å². The molecule has 0 amide bonds. The van der Waals surface area contributed by atoms with Gasteiger partial charge in [-0.05, 0) is 68.5 Å². The van der Waals surface area contributed by atoms with Crippen LogP contribution in [-0.4, -0.2) is 37.6 Å². The largest absolute Gasteiger partial charge is 0.457 e. The highest BCUT2D eigenvalue weighted by atomic mass is 32.1. The second-order valence-electron chi connectivity index (χ2n) is 7.68. The lowest BCUT2D eigenvalue weighted by Crippen LogP contribution is -2.39. The molecule has 0 aliphatic carbocycles. The topological polar surface area (TPSA) is 112 Å². The zero-order valence-electron chi connectivity index (χ0n) is 19.4. The number of nitrogens with zero attached hydrogens (tertiary/aromatic N) is 4. The van der Waals surface area contributed by atoms with Gasteiger partial charge in [0.15, 0.2) is 5.11 Å². The van der Waals surface area contributed by atoms with Crippen molar-refractivity contribution in [2.45, 2.75) is 20.3 Å². The molecule has 2 heterocycles. The van der Waals surface area contributed by atoms with Gasteiger partial charge in [0.25, 0.3) is 0 Å².